The van der Waals surface area contributed by atoms with Crippen LogP contribution in [0.5, 0.6) is 0 Å². The summed E-state index contributed by atoms with van der Waals surface area (Å²) < 4.78 is 20.6. The second kappa shape index (κ2) is 7.62. The molecule has 0 aliphatic carbocycles. The molecule has 152 valence electrons. The van der Waals surface area contributed by atoms with Gasteiger partial charge >= 0.3 is 6.09 Å². The van der Waals surface area contributed by atoms with Gasteiger partial charge in [-0.1, -0.05) is 18.2 Å². The Bertz CT molecular complexity index is 1220. The van der Waals surface area contributed by atoms with E-state index in [4.69, 9.17) is 16.2 Å². The number of aromatic nitrogens is 5. The number of carbonyl (C=O) groups excluding carboxylic acids is 1. The number of pyridine rings is 1. The molecular formula is C19H17FN8O2. The summed E-state index contributed by atoms with van der Waals surface area (Å²) in [5, 5.41) is 5.00. The standard InChI is InChI=1S/C19H17FN8O2/c1-30-19(29)28(14-15(21)24-10-25-16(14)22)18-12-6-4-8-23-17(12)27(26-18)9-11-5-2-3-7-13(11)20/h2-8,10H,9H2,1H3,(H4,21,22,24,25). The van der Waals surface area contributed by atoms with Gasteiger partial charge in [-0.15, -0.1) is 0 Å². The van der Waals surface area contributed by atoms with Crippen LogP contribution in [0.25, 0.3) is 11.0 Å². The molecule has 0 fully saturated rings. The summed E-state index contributed by atoms with van der Waals surface area (Å²) in [7, 11) is 1.21. The Balaban J connectivity index is 1.92. The molecule has 10 nitrogen and oxygen atoms in total. The zero-order valence-corrected chi connectivity index (χ0v) is 15.9. The minimum Gasteiger partial charge on any atom is -0.452 e. The first kappa shape index (κ1) is 19.1. The number of benzene rings is 1. The van der Waals surface area contributed by atoms with Gasteiger partial charge in [0.2, 0.25) is 0 Å². The van der Waals surface area contributed by atoms with E-state index < -0.39 is 6.09 Å². The predicted octanol–water partition coefficient (Wildman–Crippen LogP) is 2.48. The van der Waals surface area contributed by atoms with E-state index in [1.54, 1.807) is 36.5 Å². The highest BCUT2D eigenvalue weighted by molar-refractivity contribution is 6.06. The molecule has 4 N–H and O–H groups in total. The number of amides is 1. The molecule has 1 amide bonds. The predicted molar refractivity (Wildman–Crippen MR) is 108 cm³/mol. The summed E-state index contributed by atoms with van der Waals surface area (Å²) in [5.41, 5.74) is 12.8. The average Bonchev–Trinajstić information content (AvgIpc) is 3.10. The topological polar surface area (TPSA) is 138 Å². The molecule has 4 aromatic rings. The molecule has 0 spiro atoms. The monoisotopic (exact) mass is 408 g/mol. The van der Waals surface area contributed by atoms with Gasteiger partial charge in [-0.25, -0.2) is 33.7 Å². The lowest BCUT2D eigenvalue weighted by Crippen LogP contribution is -2.28. The van der Waals surface area contributed by atoms with E-state index in [1.807, 2.05) is 0 Å². The maximum absolute atomic E-state index is 14.2. The first-order valence-corrected chi connectivity index (χ1v) is 8.80. The van der Waals surface area contributed by atoms with E-state index in [9.17, 15) is 9.18 Å². The summed E-state index contributed by atoms with van der Waals surface area (Å²) in [5.74, 6) is -0.301. The van der Waals surface area contributed by atoms with Gasteiger partial charge in [0.1, 0.15) is 17.8 Å². The number of nitrogens with two attached hydrogens (primary N) is 2. The molecule has 30 heavy (non-hydrogen) atoms. The van der Waals surface area contributed by atoms with Crippen LogP contribution in [-0.4, -0.2) is 37.9 Å². The summed E-state index contributed by atoms with van der Waals surface area (Å²) in [4.78, 5) is 25.9. The van der Waals surface area contributed by atoms with Gasteiger partial charge in [0.05, 0.1) is 19.0 Å². The molecule has 0 aliphatic heterocycles. The van der Waals surface area contributed by atoms with Gasteiger partial charge in [0.15, 0.2) is 23.1 Å². The van der Waals surface area contributed by atoms with Crippen molar-refractivity contribution in [3.8, 4) is 0 Å². The smallest absolute Gasteiger partial charge is 0.420 e. The van der Waals surface area contributed by atoms with Crippen molar-refractivity contribution in [2.75, 3.05) is 23.5 Å². The van der Waals surface area contributed by atoms with Crippen LogP contribution in [0.3, 0.4) is 0 Å². The molecule has 0 saturated heterocycles. The molecule has 4 rings (SSSR count). The summed E-state index contributed by atoms with van der Waals surface area (Å²) in [6.45, 7) is 0.0887. The van der Waals surface area contributed by atoms with Crippen molar-refractivity contribution in [3.05, 3.63) is 60.3 Å². The molecule has 1 aromatic carbocycles. The minimum atomic E-state index is -0.801. The van der Waals surface area contributed by atoms with E-state index in [0.29, 0.717) is 16.6 Å². The van der Waals surface area contributed by atoms with Crippen LogP contribution in [0.4, 0.5) is 32.3 Å². The van der Waals surface area contributed by atoms with Gasteiger partial charge in [-0.2, -0.15) is 5.10 Å². The Labute approximate surface area is 169 Å². The Morgan fingerprint density at radius 2 is 1.87 bits per heavy atom. The fraction of sp³-hybridized carbons (Fsp3) is 0.105. The van der Waals surface area contributed by atoms with Gasteiger partial charge in [0, 0.05) is 11.8 Å². The number of methoxy groups -OCH3 is 1. The maximum atomic E-state index is 14.2. The van der Waals surface area contributed by atoms with Crippen LogP contribution < -0.4 is 16.4 Å². The number of anilines is 4. The van der Waals surface area contributed by atoms with Crippen molar-refractivity contribution in [1.82, 2.24) is 24.7 Å². The van der Waals surface area contributed by atoms with E-state index in [0.717, 1.165) is 4.90 Å². The number of fused-ring (bicyclic) bond motifs is 1. The van der Waals surface area contributed by atoms with Crippen molar-refractivity contribution in [1.29, 1.82) is 0 Å². The number of hydrogen-bond donors (Lipinski definition) is 2. The molecule has 0 unspecified atom stereocenters. The lowest BCUT2D eigenvalue weighted by atomic mass is 10.2. The Hall–Kier alpha value is -4.28. The van der Waals surface area contributed by atoms with Crippen LogP contribution in [0.2, 0.25) is 0 Å². The van der Waals surface area contributed by atoms with E-state index in [-0.39, 0.29) is 35.5 Å². The van der Waals surface area contributed by atoms with E-state index in [1.165, 1.54) is 24.2 Å². The van der Waals surface area contributed by atoms with Gasteiger partial charge in [-0.05, 0) is 18.2 Å². The molecule has 0 atom stereocenters. The first-order chi connectivity index (χ1) is 14.5. The lowest BCUT2D eigenvalue weighted by molar-refractivity contribution is 0.181. The lowest BCUT2D eigenvalue weighted by Gasteiger charge is -2.21. The number of nitrogen functional groups attached to an aromatic ring is 2. The number of ether oxygens (including phenoxy) is 1. The molecule has 3 aromatic heterocycles. The molecule has 0 bridgehead atoms. The summed E-state index contributed by atoms with van der Waals surface area (Å²) in [6.07, 6.45) is 1.95. The zero-order valence-electron chi connectivity index (χ0n) is 15.9. The summed E-state index contributed by atoms with van der Waals surface area (Å²) >= 11 is 0. The van der Waals surface area contributed by atoms with Gasteiger partial charge in [-0.3, -0.25) is 0 Å². The largest absolute Gasteiger partial charge is 0.452 e. The Morgan fingerprint density at radius 1 is 1.13 bits per heavy atom. The molecule has 11 heteroatoms. The van der Waals surface area contributed by atoms with Crippen molar-refractivity contribution < 1.29 is 13.9 Å². The van der Waals surface area contributed by atoms with Gasteiger partial charge < -0.3 is 16.2 Å². The highest BCUT2D eigenvalue weighted by atomic mass is 19.1. The SMILES string of the molecule is COC(=O)N(c1c(N)ncnc1N)c1nn(Cc2ccccc2F)c2ncccc12. The van der Waals surface area contributed by atoms with Crippen molar-refractivity contribution in [2.45, 2.75) is 6.54 Å². The fourth-order valence-electron chi connectivity index (χ4n) is 3.07. The molecule has 3 heterocycles. The number of hydrogen-bond acceptors (Lipinski definition) is 8. The van der Waals surface area contributed by atoms with E-state index in [2.05, 4.69) is 20.1 Å². The number of carbonyl (C=O) groups is 1. The number of rotatable bonds is 4. The third-order valence-electron chi connectivity index (χ3n) is 4.44. The van der Waals surface area contributed by atoms with Crippen LogP contribution in [0, 0.1) is 5.82 Å². The average molecular weight is 408 g/mol. The van der Waals surface area contributed by atoms with Crippen LogP contribution in [-0.2, 0) is 11.3 Å². The first-order valence-electron chi connectivity index (χ1n) is 8.80. The van der Waals surface area contributed by atoms with Crippen molar-refractivity contribution in [2.24, 2.45) is 0 Å². The quantitative estimate of drug-likeness (QED) is 0.525. The van der Waals surface area contributed by atoms with Crippen molar-refractivity contribution in [3.63, 3.8) is 0 Å². The third-order valence-corrected chi connectivity index (χ3v) is 4.44. The highest BCUT2D eigenvalue weighted by Gasteiger charge is 2.30. The third kappa shape index (κ3) is 3.21. The van der Waals surface area contributed by atoms with Crippen LogP contribution in [0.15, 0.2) is 48.9 Å². The maximum Gasteiger partial charge on any atom is 0.420 e. The van der Waals surface area contributed by atoms with E-state index >= 15 is 0 Å². The van der Waals surface area contributed by atoms with Crippen LogP contribution >= 0.6 is 0 Å². The fourth-order valence-corrected chi connectivity index (χ4v) is 3.07. The highest BCUT2D eigenvalue weighted by Crippen LogP contribution is 2.36. The minimum absolute atomic E-state index is 0.0330. The molecule has 0 aliphatic rings. The van der Waals surface area contributed by atoms with Crippen LogP contribution in [0.1, 0.15) is 5.56 Å². The normalized spacial score (nSPS) is 10.9. The van der Waals surface area contributed by atoms with Gasteiger partial charge in [0.25, 0.3) is 0 Å². The Morgan fingerprint density at radius 3 is 2.57 bits per heavy atom. The molecule has 0 radical (unpaired) electrons. The Kier molecular flexibility index (Phi) is 4.84. The summed E-state index contributed by atoms with van der Waals surface area (Å²) in [6, 6.07) is 9.73. The molecular weight excluding hydrogens is 391 g/mol. The molecule has 0 saturated carbocycles. The van der Waals surface area contributed by atoms with Crippen molar-refractivity contribution >= 4 is 40.3 Å². The second-order valence-corrected chi connectivity index (χ2v) is 6.25. The number of nitrogens with zero attached hydrogens (tertiary/aromatic N) is 6. The number of halogens is 1. The second-order valence-electron chi connectivity index (χ2n) is 6.25. The zero-order chi connectivity index (χ0) is 21.3.